The molecule has 0 spiro atoms. The summed E-state index contributed by atoms with van der Waals surface area (Å²) in [5.74, 6) is -0.226. The Morgan fingerprint density at radius 3 is 2.35 bits per heavy atom. The molecule has 0 aliphatic carbocycles. The van der Waals surface area contributed by atoms with Gasteiger partial charge in [-0.3, -0.25) is 4.90 Å². The van der Waals surface area contributed by atoms with Gasteiger partial charge in [-0.1, -0.05) is 13.8 Å². The van der Waals surface area contributed by atoms with E-state index in [9.17, 15) is 14.7 Å². The van der Waals surface area contributed by atoms with Gasteiger partial charge < -0.3 is 14.9 Å². The van der Waals surface area contributed by atoms with Crippen molar-refractivity contribution in [1.82, 2.24) is 14.7 Å². The number of likely N-dealkylation sites (N-methyl/N-ethyl adjacent to an activating group) is 2. The van der Waals surface area contributed by atoms with E-state index in [-0.39, 0.29) is 17.3 Å². The molecule has 1 heterocycles. The summed E-state index contributed by atoms with van der Waals surface area (Å²) in [5.41, 5.74) is 0. The molecule has 7 heteroatoms. The van der Waals surface area contributed by atoms with Crippen molar-refractivity contribution in [3.8, 4) is 0 Å². The summed E-state index contributed by atoms with van der Waals surface area (Å²) in [6.07, 6.45) is 0. The second kappa shape index (κ2) is 7.17. The predicted octanol–water partition coefficient (Wildman–Crippen LogP) is 1.08. The van der Waals surface area contributed by atoms with Crippen LogP contribution in [-0.4, -0.2) is 83.2 Å². The maximum atomic E-state index is 12.5. The zero-order chi connectivity index (χ0) is 15.4. The standard InChI is InChI=1S/C13H25N3O3S/c1-9(2)11-16(10(8-20-11)12(17)18)13(19)15(5)7-6-14(3)4/h9-11H,6-8H2,1-5H3,(H,17,18). The predicted molar refractivity (Wildman–Crippen MR) is 80.9 cm³/mol. The van der Waals surface area contributed by atoms with Gasteiger partial charge in [0.15, 0.2) is 0 Å². The van der Waals surface area contributed by atoms with Gasteiger partial charge in [-0.05, 0) is 20.0 Å². The summed E-state index contributed by atoms with van der Waals surface area (Å²) in [5, 5.41) is 9.23. The summed E-state index contributed by atoms with van der Waals surface area (Å²) in [7, 11) is 5.62. The molecule has 1 N–H and O–H groups in total. The van der Waals surface area contributed by atoms with Gasteiger partial charge in [-0.25, -0.2) is 9.59 Å². The fraction of sp³-hybridized carbons (Fsp3) is 0.846. The smallest absolute Gasteiger partial charge is 0.327 e. The Labute approximate surface area is 125 Å². The van der Waals surface area contributed by atoms with Crippen LogP contribution < -0.4 is 0 Å². The highest BCUT2D eigenvalue weighted by atomic mass is 32.2. The second-order valence-corrected chi connectivity index (χ2v) is 6.89. The van der Waals surface area contributed by atoms with Crippen LogP contribution in [0.2, 0.25) is 0 Å². The number of amides is 2. The summed E-state index contributed by atoms with van der Waals surface area (Å²) in [6, 6.07) is -0.912. The SMILES string of the molecule is CC(C)C1SCC(C(=O)O)N1C(=O)N(C)CCN(C)C. The monoisotopic (exact) mass is 303 g/mol. The molecular weight excluding hydrogens is 278 g/mol. The quantitative estimate of drug-likeness (QED) is 0.823. The van der Waals surface area contributed by atoms with Crippen molar-refractivity contribution in [2.24, 2.45) is 5.92 Å². The average molecular weight is 303 g/mol. The van der Waals surface area contributed by atoms with Crippen molar-refractivity contribution in [3.63, 3.8) is 0 Å². The molecule has 0 aromatic rings. The van der Waals surface area contributed by atoms with Gasteiger partial charge in [-0.2, -0.15) is 0 Å². The fourth-order valence-electron chi connectivity index (χ4n) is 2.12. The van der Waals surface area contributed by atoms with Crippen LogP contribution in [0.5, 0.6) is 0 Å². The molecule has 2 unspecified atom stereocenters. The molecule has 1 aliphatic rings. The van der Waals surface area contributed by atoms with Crippen molar-refractivity contribution < 1.29 is 14.7 Å². The van der Waals surface area contributed by atoms with Gasteiger partial charge >= 0.3 is 12.0 Å². The van der Waals surface area contributed by atoms with Gasteiger partial charge in [-0.15, -0.1) is 11.8 Å². The molecule has 116 valence electrons. The summed E-state index contributed by atoms with van der Waals surface area (Å²) in [4.78, 5) is 29.0. The first kappa shape index (κ1) is 17.1. The molecule has 0 aromatic carbocycles. The van der Waals surface area contributed by atoms with E-state index in [0.29, 0.717) is 12.3 Å². The summed E-state index contributed by atoms with van der Waals surface area (Å²) >= 11 is 1.55. The van der Waals surface area contributed by atoms with Gasteiger partial charge in [0.25, 0.3) is 0 Å². The maximum Gasteiger partial charge on any atom is 0.327 e. The number of hydrogen-bond donors (Lipinski definition) is 1. The van der Waals surface area contributed by atoms with E-state index in [0.717, 1.165) is 6.54 Å². The number of hydrogen-bond acceptors (Lipinski definition) is 4. The van der Waals surface area contributed by atoms with Crippen LogP contribution >= 0.6 is 11.8 Å². The zero-order valence-electron chi connectivity index (χ0n) is 12.9. The molecule has 1 aliphatic heterocycles. The highest BCUT2D eigenvalue weighted by molar-refractivity contribution is 8.00. The molecule has 0 radical (unpaired) electrons. The van der Waals surface area contributed by atoms with E-state index < -0.39 is 12.0 Å². The normalized spacial score (nSPS) is 22.6. The van der Waals surface area contributed by atoms with E-state index in [1.807, 2.05) is 32.8 Å². The van der Waals surface area contributed by atoms with Crippen LogP contribution in [0.4, 0.5) is 4.79 Å². The van der Waals surface area contributed by atoms with Gasteiger partial charge in [0.05, 0.1) is 5.37 Å². The van der Waals surface area contributed by atoms with Crippen molar-refractivity contribution in [1.29, 1.82) is 0 Å². The second-order valence-electron chi connectivity index (χ2n) is 5.74. The lowest BCUT2D eigenvalue weighted by atomic mass is 10.1. The Bertz CT molecular complexity index is 363. The third kappa shape index (κ3) is 4.02. The summed E-state index contributed by atoms with van der Waals surface area (Å²) in [6.45, 7) is 5.38. The number of carbonyl (C=O) groups is 2. The first-order valence-corrected chi connectivity index (χ1v) is 7.83. The number of thioether (sulfide) groups is 1. The number of urea groups is 1. The van der Waals surface area contributed by atoms with E-state index in [1.54, 1.807) is 23.7 Å². The van der Waals surface area contributed by atoms with Crippen LogP contribution in [0.1, 0.15) is 13.8 Å². The molecule has 0 bridgehead atoms. The molecule has 1 rings (SSSR count). The minimum atomic E-state index is -0.921. The maximum absolute atomic E-state index is 12.5. The number of carboxylic acids is 1. The van der Waals surface area contributed by atoms with Crippen LogP contribution in [-0.2, 0) is 4.79 Å². The zero-order valence-corrected chi connectivity index (χ0v) is 13.7. The van der Waals surface area contributed by atoms with Crippen molar-refractivity contribution in [2.75, 3.05) is 40.0 Å². The Morgan fingerprint density at radius 2 is 1.90 bits per heavy atom. The first-order chi connectivity index (χ1) is 9.25. The minimum Gasteiger partial charge on any atom is -0.480 e. The molecule has 2 amide bonds. The molecule has 6 nitrogen and oxygen atoms in total. The highest BCUT2D eigenvalue weighted by Crippen LogP contribution is 2.34. The molecule has 1 saturated heterocycles. The fourth-order valence-corrected chi connectivity index (χ4v) is 3.58. The number of rotatable bonds is 5. The van der Waals surface area contributed by atoms with Crippen molar-refractivity contribution >= 4 is 23.8 Å². The van der Waals surface area contributed by atoms with Gasteiger partial charge in [0.2, 0.25) is 0 Å². The number of nitrogens with zero attached hydrogens (tertiary/aromatic N) is 3. The molecule has 0 aromatic heterocycles. The lowest BCUT2D eigenvalue weighted by Crippen LogP contribution is -2.52. The van der Waals surface area contributed by atoms with Crippen LogP contribution in [0, 0.1) is 5.92 Å². The van der Waals surface area contributed by atoms with E-state index in [4.69, 9.17) is 0 Å². The number of carboxylic acid groups (broad SMARTS) is 1. The number of carbonyl (C=O) groups excluding carboxylic acids is 1. The Hall–Kier alpha value is -0.950. The number of aliphatic carboxylic acids is 1. The molecule has 1 fully saturated rings. The molecule has 20 heavy (non-hydrogen) atoms. The van der Waals surface area contributed by atoms with Gasteiger partial charge in [0, 0.05) is 25.9 Å². The third-order valence-corrected chi connectivity index (χ3v) is 4.94. The minimum absolute atomic E-state index is 0.0644. The van der Waals surface area contributed by atoms with E-state index in [1.165, 1.54) is 4.90 Å². The molecule has 0 saturated carbocycles. The topological polar surface area (TPSA) is 64.1 Å². The average Bonchev–Trinajstić information content (AvgIpc) is 2.79. The third-order valence-electron chi connectivity index (χ3n) is 3.32. The Kier molecular flexibility index (Phi) is 6.13. The Morgan fingerprint density at radius 1 is 1.30 bits per heavy atom. The van der Waals surface area contributed by atoms with Crippen LogP contribution in [0.25, 0.3) is 0 Å². The first-order valence-electron chi connectivity index (χ1n) is 6.78. The van der Waals surface area contributed by atoms with E-state index >= 15 is 0 Å². The van der Waals surface area contributed by atoms with Crippen LogP contribution in [0.3, 0.4) is 0 Å². The summed E-state index contributed by atoms with van der Waals surface area (Å²) < 4.78 is 0. The Balaban J connectivity index is 2.80. The van der Waals surface area contributed by atoms with E-state index in [2.05, 4.69) is 0 Å². The lowest BCUT2D eigenvalue weighted by Gasteiger charge is -2.33. The van der Waals surface area contributed by atoms with Crippen molar-refractivity contribution in [3.05, 3.63) is 0 Å². The van der Waals surface area contributed by atoms with Crippen molar-refractivity contribution in [2.45, 2.75) is 25.3 Å². The molecule has 2 atom stereocenters. The highest BCUT2D eigenvalue weighted by Gasteiger charge is 2.43. The lowest BCUT2D eigenvalue weighted by molar-refractivity contribution is -0.141. The van der Waals surface area contributed by atoms with Crippen LogP contribution in [0.15, 0.2) is 0 Å². The molecular formula is C13H25N3O3S. The van der Waals surface area contributed by atoms with Gasteiger partial charge in [0.1, 0.15) is 6.04 Å². The largest absolute Gasteiger partial charge is 0.480 e.